The number of aliphatic hydroxyl groups excluding tert-OH is 1. The highest BCUT2D eigenvalue weighted by Gasteiger charge is 2.26. The molecule has 1 aromatic heterocycles. The van der Waals surface area contributed by atoms with Crippen LogP contribution in [0.2, 0.25) is 0 Å². The van der Waals surface area contributed by atoms with Gasteiger partial charge in [-0.05, 0) is 31.1 Å². The second-order valence-corrected chi connectivity index (χ2v) is 5.60. The van der Waals surface area contributed by atoms with Gasteiger partial charge in [0.1, 0.15) is 5.82 Å². The second kappa shape index (κ2) is 6.28. The quantitative estimate of drug-likeness (QED) is 0.733. The molecule has 19 heavy (non-hydrogen) atoms. The van der Waals surface area contributed by atoms with Crippen molar-refractivity contribution in [1.29, 1.82) is 0 Å². The monoisotopic (exact) mass is 266 g/mol. The van der Waals surface area contributed by atoms with Crippen LogP contribution in [0.4, 0.5) is 11.5 Å². The van der Waals surface area contributed by atoms with E-state index in [1.807, 2.05) is 11.7 Å². The summed E-state index contributed by atoms with van der Waals surface area (Å²) in [4.78, 5) is 0. The van der Waals surface area contributed by atoms with E-state index >= 15 is 0 Å². The van der Waals surface area contributed by atoms with Crippen molar-refractivity contribution < 1.29 is 5.11 Å². The number of aryl methyl sites for hydroxylation is 2. The molecule has 2 rings (SSSR count). The SMILES string of the molecule is CCCc1nn(C)c(NCC2CCCC2CO)c1N. The van der Waals surface area contributed by atoms with E-state index in [0.717, 1.165) is 43.0 Å². The van der Waals surface area contributed by atoms with Crippen LogP contribution in [0.15, 0.2) is 0 Å². The molecule has 1 aliphatic rings. The smallest absolute Gasteiger partial charge is 0.147 e. The van der Waals surface area contributed by atoms with E-state index in [1.165, 1.54) is 12.8 Å². The summed E-state index contributed by atoms with van der Waals surface area (Å²) in [6.45, 7) is 3.31. The first-order valence-corrected chi connectivity index (χ1v) is 7.33. The summed E-state index contributed by atoms with van der Waals surface area (Å²) in [7, 11) is 1.93. The van der Waals surface area contributed by atoms with E-state index in [2.05, 4.69) is 17.3 Å². The Bertz CT molecular complexity index is 416. The predicted molar refractivity (Wildman–Crippen MR) is 78.0 cm³/mol. The Balaban J connectivity index is 1.99. The summed E-state index contributed by atoms with van der Waals surface area (Å²) < 4.78 is 1.84. The van der Waals surface area contributed by atoms with E-state index in [0.29, 0.717) is 18.4 Å². The van der Waals surface area contributed by atoms with Crippen molar-refractivity contribution in [1.82, 2.24) is 9.78 Å². The van der Waals surface area contributed by atoms with Crippen molar-refractivity contribution in [2.24, 2.45) is 18.9 Å². The molecule has 0 radical (unpaired) electrons. The van der Waals surface area contributed by atoms with Gasteiger partial charge in [-0.2, -0.15) is 5.10 Å². The van der Waals surface area contributed by atoms with Crippen molar-refractivity contribution in [2.75, 3.05) is 24.2 Å². The average molecular weight is 266 g/mol. The van der Waals surface area contributed by atoms with Gasteiger partial charge in [-0.1, -0.05) is 19.8 Å². The Morgan fingerprint density at radius 2 is 2.16 bits per heavy atom. The minimum absolute atomic E-state index is 0.300. The van der Waals surface area contributed by atoms with Crippen LogP contribution in [0, 0.1) is 11.8 Å². The molecule has 0 aromatic carbocycles. The number of nitrogens with one attached hydrogen (secondary N) is 1. The first kappa shape index (κ1) is 14.2. The molecule has 2 unspecified atom stereocenters. The molecule has 0 aliphatic heterocycles. The van der Waals surface area contributed by atoms with Gasteiger partial charge >= 0.3 is 0 Å². The molecule has 1 aromatic rings. The number of nitrogen functional groups attached to an aromatic ring is 1. The number of aliphatic hydroxyl groups is 1. The number of hydrogen-bond donors (Lipinski definition) is 3. The topological polar surface area (TPSA) is 76.1 Å². The van der Waals surface area contributed by atoms with Crippen LogP contribution in [0.1, 0.15) is 38.3 Å². The summed E-state index contributed by atoms with van der Waals surface area (Å²) in [6.07, 6.45) is 5.53. The molecule has 108 valence electrons. The highest BCUT2D eigenvalue weighted by atomic mass is 16.3. The van der Waals surface area contributed by atoms with Crippen LogP contribution in [-0.4, -0.2) is 28.0 Å². The summed E-state index contributed by atoms with van der Waals surface area (Å²) in [6, 6.07) is 0. The number of nitrogens with two attached hydrogens (primary N) is 1. The molecule has 5 nitrogen and oxygen atoms in total. The van der Waals surface area contributed by atoms with Gasteiger partial charge in [-0.3, -0.25) is 4.68 Å². The number of aromatic nitrogens is 2. The van der Waals surface area contributed by atoms with E-state index in [1.54, 1.807) is 0 Å². The first-order valence-electron chi connectivity index (χ1n) is 7.33. The van der Waals surface area contributed by atoms with Gasteiger partial charge in [0.2, 0.25) is 0 Å². The van der Waals surface area contributed by atoms with E-state index in [9.17, 15) is 5.11 Å². The van der Waals surface area contributed by atoms with E-state index in [-0.39, 0.29) is 0 Å². The highest BCUT2D eigenvalue weighted by molar-refractivity contribution is 5.65. The maximum atomic E-state index is 9.35. The zero-order valence-electron chi connectivity index (χ0n) is 12.0. The normalized spacial score (nSPS) is 22.9. The minimum atomic E-state index is 0.300. The van der Waals surface area contributed by atoms with E-state index in [4.69, 9.17) is 5.73 Å². The molecule has 1 aliphatic carbocycles. The lowest BCUT2D eigenvalue weighted by atomic mass is 9.97. The molecule has 4 N–H and O–H groups in total. The van der Waals surface area contributed by atoms with Crippen molar-refractivity contribution in [3.63, 3.8) is 0 Å². The van der Waals surface area contributed by atoms with Crippen LogP contribution in [0.3, 0.4) is 0 Å². The van der Waals surface area contributed by atoms with Crippen LogP contribution in [-0.2, 0) is 13.5 Å². The Morgan fingerprint density at radius 3 is 2.84 bits per heavy atom. The van der Waals surface area contributed by atoms with Crippen LogP contribution < -0.4 is 11.1 Å². The molecular weight excluding hydrogens is 240 g/mol. The fourth-order valence-electron chi connectivity index (χ4n) is 3.08. The van der Waals surface area contributed by atoms with Gasteiger partial charge in [0.15, 0.2) is 0 Å². The van der Waals surface area contributed by atoms with Gasteiger partial charge in [-0.15, -0.1) is 0 Å². The molecule has 0 spiro atoms. The number of anilines is 2. The summed E-state index contributed by atoms with van der Waals surface area (Å²) in [5.74, 6) is 1.91. The number of hydrogen-bond acceptors (Lipinski definition) is 4. The molecule has 0 saturated heterocycles. The molecular formula is C14H26N4O. The van der Waals surface area contributed by atoms with E-state index < -0.39 is 0 Å². The van der Waals surface area contributed by atoms with Crippen molar-refractivity contribution in [2.45, 2.75) is 39.0 Å². The van der Waals surface area contributed by atoms with Crippen molar-refractivity contribution in [3.05, 3.63) is 5.69 Å². The maximum absolute atomic E-state index is 9.35. The lowest BCUT2D eigenvalue weighted by Gasteiger charge is -2.18. The molecule has 5 heteroatoms. The highest BCUT2D eigenvalue weighted by Crippen LogP contribution is 2.32. The molecule has 0 amide bonds. The van der Waals surface area contributed by atoms with Crippen LogP contribution in [0.25, 0.3) is 0 Å². The summed E-state index contributed by atoms with van der Waals surface area (Å²) in [5.41, 5.74) is 7.91. The lowest BCUT2D eigenvalue weighted by molar-refractivity contribution is 0.199. The zero-order chi connectivity index (χ0) is 13.8. The Hall–Kier alpha value is -1.23. The molecule has 1 heterocycles. The molecule has 1 saturated carbocycles. The van der Waals surface area contributed by atoms with Gasteiger partial charge < -0.3 is 16.2 Å². The van der Waals surface area contributed by atoms with Gasteiger partial charge in [0.05, 0.1) is 11.4 Å². The lowest BCUT2D eigenvalue weighted by Crippen LogP contribution is -2.22. The third-order valence-electron chi connectivity index (χ3n) is 4.23. The average Bonchev–Trinajstić information content (AvgIpc) is 2.94. The summed E-state index contributed by atoms with van der Waals surface area (Å²) >= 11 is 0. The maximum Gasteiger partial charge on any atom is 0.147 e. The Morgan fingerprint density at radius 1 is 1.42 bits per heavy atom. The molecule has 2 atom stereocenters. The molecule has 0 bridgehead atoms. The number of nitrogens with zero attached hydrogens (tertiary/aromatic N) is 2. The fraction of sp³-hybridized carbons (Fsp3) is 0.786. The van der Waals surface area contributed by atoms with Gasteiger partial charge in [0.25, 0.3) is 0 Å². The minimum Gasteiger partial charge on any atom is -0.396 e. The third kappa shape index (κ3) is 3.03. The largest absolute Gasteiger partial charge is 0.396 e. The fourth-order valence-corrected chi connectivity index (χ4v) is 3.08. The van der Waals surface area contributed by atoms with Crippen LogP contribution in [0.5, 0.6) is 0 Å². The second-order valence-electron chi connectivity index (χ2n) is 5.60. The van der Waals surface area contributed by atoms with Crippen molar-refractivity contribution in [3.8, 4) is 0 Å². The van der Waals surface area contributed by atoms with Crippen LogP contribution >= 0.6 is 0 Å². The zero-order valence-corrected chi connectivity index (χ0v) is 12.0. The Kier molecular flexibility index (Phi) is 4.69. The van der Waals surface area contributed by atoms with Crippen molar-refractivity contribution >= 4 is 11.5 Å². The number of rotatable bonds is 6. The van der Waals surface area contributed by atoms with Gasteiger partial charge in [0, 0.05) is 20.2 Å². The molecule has 1 fully saturated rings. The Labute approximate surface area is 115 Å². The predicted octanol–water partition coefficient (Wildman–Crippen LogP) is 1.78. The van der Waals surface area contributed by atoms with Gasteiger partial charge in [-0.25, -0.2) is 0 Å². The first-order chi connectivity index (χ1) is 9.17. The third-order valence-corrected chi connectivity index (χ3v) is 4.23. The summed E-state index contributed by atoms with van der Waals surface area (Å²) in [5, 5.41) is 17.2. The standard InChI is InChI=1S/C14H26N4O/c1-3-5-12-13(15)14(18(2)17-12)16-8-10-6-4-7-11(10)9-19/h10-11,16,19H,3-9,15H2,1-2H3.